The molecule has 2 aromatic heterocycles. The zero-order valence-electron chi connectivity index (χ0n) is 10.2. The number of nitrogens with zero attached hydrogens (tertiary/aromatic N) is 6. The zero-order chi connectivity index (χ0) is 13.1. The van der Waals surface area contributed by atoms with Gasteiger partial charge in [-0.25, -0.2) is 4.98 Å². The van der Waals surface area contributed by atoms with Gasteiger partial charge in [0.15, 0.2) is 4.34 Å². The second-order valence-corrected chi connectivity index (χ2v) is 6.13. The number of nitrogens with two attached hydrogens (primary N) is 1. The van der Waals surface area contributed by atoms with Gasteiger partial charge in [-0.3, -0.25) is 0 Å². The Bertz CT molecular complexity index is 539. The van der Waals surface area contributed by atoms with Gasteiger partial charge in [-0.2, -0.15) is 19.3 Å². The molecule has 100 valence electrons. The monoisotopic (exact) mass is 295 g/mol. The molecule has 0 unspecified atom stereocenters. The van der Waals surface area contributed by atoms with Crippen molar-refractivity contribution in [3.8, 4) is 0 Å². The summed E-state index contributed by atoms with van der Waals surface area (Å²) in [5, 5.41) is 0.574. The van der Waals surface area contributed by atoms with E-state index in [1.165, 1.54) is 48.9 Å². The summed E-state index contributed by atoms with van der Waals surface area (Å²) >= 11 is 2.67. The van der Waals surface area contributed by atoms with Crippen molar-refractivity contribution in [2.45, 2.75) is 28.8 Å². The summed E-state index contributed by atoms with van der Waals surface area (Å²) in [6.45, 7) is 1.96. The van der Waals surface area contributed by atoms with Crippen molar-refractivity contribution in [2.24, 2.45) is 0 Å². The molecule has 0 saturated carbocycles. The average molecular weight is 295 g/mol. The highest BCUT2D eigenvalue weighted by Gasteiger charge is 2.16. The maximum absolute atomic E-state index is 5.76. The normalized spacial score (nSPS) is 15.7. The van der Waals surface area contributed by atoms with Crippen LogP contribution in [0.2, 0.25) is 0 Å². The minimum Gasteiger partial charge on any atom is -0.368 e. The predicted octanol–water partition coefficient (Wildman–Crippen LogP) is 1.45. The first-order valence-corrected chi connectivity index (χ1v) is 7.61. The molecule has 0 bridgehead atoms. The van der Waals surface area contributed by atoms with Crippen molar-refractivity contribution in [1.29, 1.82) is 0 Å². The van der Waals surface area contributed by atoms with Gasteiger partial charge >= 0.3 is 0 Å². The Morgan fingerprint density at radius 2 is 2.00 bits per heavy atom. The maximum Gasteiger partial charge on any atom is 0.231 e. The lowest BCUT2D eigenvalue weighted by Crippen LogP contribution is -2.31. The van der Waals surface area contributed by atoms with Gasteiger partial charge in [0.1, 0.15) is 6.33 Å². The lowest BCUT2D eigenvalue weighted by Gasteiger charge is -2.26. The van der Waals surface area contributed by atoms with E-state index in [1.807, 2.05) is 0 Å². The molecule has 3 rings (SSSR count). The molecule has 1 fully saturated rings. The molecule has 0 amide bonds. The Hall–Kier alpha value is -1.48. The largest absolute Gasteiger partial charge is 0.368 e. The Kier molecular flexibility index (Phi) is 3.74. The molecule has 0 aromatic carbocycles. The van der Waals surface area contributed by atoms with Crippen LogP contribution >= 0.6 is 23.3 Å². The minimum atomic E-state index is 0.252. The molecule has 1 aliphatic rings. The summed E-state index contributed by atoms with van der Waals surface area (Å²) in [6.07, 6.45) is 5.13. The van der Waals surface area contributed by atoms with Crippen molar-refractivity contribution >= 4 is 35.2 Å². The van der Waals surface area contributed by atoms with Gasteiger partial charge in [-0.1, -0.05) is 0 Å². The molecule has 3 heterocycles. The van der Waals surface area contributed by atoms with Crippen molar-refractivity contribution in [2.75, 3.05) is 23.7 Å². The third kappa shape index (κ3) is 3.10. The molecule has 9 heteroatoms. The molecule has 2 aromatic rings. The molecule has 0 atom stereocenters. The second kappa shape index (κ2) is 5.66. The first-order chi connectivity index (χ1) is 9.31. The first-order valence-electron chi connectivity index (χ1n) is 6.02. The molecule has 0 spiro atoms. The molecule has 1 saturated heterocycles. The number of anilines is 2. The van der Waals surface area contributed by atoms with E-state index in [4.69, 9.17) is 5.73 Å². The lowest BCUT2D eigenvalue weighted by molar-refractivity contribution is 0.565. The molecule has 7 nitrogen and oxygen atoms in total. The smallest absolute Gasteiger partial charge is 0.231 e. The van der Waals surface area contributed by atoms with Gasteiger partial charge in [0, 0.05) is 13.1 Å². The van der Waals surface area contributed by atoms with E-state index < -0.39 is 0 Å². The summed E-state index contributed by atoms with van der Waals surface area (Å²) in [4.78, 5) is 19.1. The minimum absolute atomic E-state index is 0.252. The Balaban J connectivity index is 1.82. The van der Waals surface area contributed by atoms with Crippen LogP contribution in [0.3, 0.4) is 0 Å². The standard InChI is InChI=1S/C10H13N7S2/c11-7-14-8(17-4-2-1-3-5-17)16-9(15-7)18-10-12-6-13-19-10/h6H,1-5H2,(H2,11,14,15,16). The van der Waals surface area contributed by atoms with Crippen LogP contribution in [-0.2, 0) is 0 Å². The lowest BCUT2D eigenvalue weighted by atomic mass is 10.1. The van der Waals surface area contributed by atoms with E-state index in [-0.39, 0.29) is 5.95 Å². The second-order valence-electron chi connectivity index (χ2n) is 4.13. The van der Waals surface area contributed by atoms with Crippen LogP contribution in [-0.4, -0.2) is 37.4 Å². The fourth-order valence-corrected chi connectivity index (χ4v) is 3.23. The van der Waals surface area contributed by atoms with Gasteiger partial charge in [-0.15, -0.1) is 0 Å². The quantitative estimate of drug-likeness (QED) is 0.909. The van der Waals surface area contributed by atoms with Crippen LogP contribution in [0.25, 0.3) is 0 Å². The van der Waals surface area contributed by atoms with Crippen molar-refractivity contribution < 1.29 is 0 Å². The molecular weight excluding hydrogens is 282 g/mol. The highest BCUT2D eigenvalue weighted by Crippen LogP contribution is 2.27. The third-order valence-electron chi connectivity index (χ3n) is 2.78. The Labute approximate surface area is 118 Å². The van der Waals surface area contributed by atoms with Crippen LogP contribution in [0.1, 0.15) is 19.3 Å². The number of hydrogen-bond acceptors (Lipinski definition) is 9. The molecule has 1 aliphatic heterocycles. The number of piperidine rings is 1. The van der Waals surface area contributed by atoms with Crippen LogP contribution in [0, 0.1) is 0 Å². The summed E-state index contributed by atoms with van der Waals surface area (Å²) in [5.74, 6) is 0.918. The third-order valence-corrected chi connectivity index (χ3v) is 4.36. The van der Waals surface area contributed by atoms with Gasteiger partial charge < -0.3 is 10.6 Å². The van der Waals surface area contributed by atoms with Crippen LogP contribution in [0.15, 0.2) is 15.8 Å². The van der Waals surface area contributed by atoms with E-state index in [0.717, 1.165) is 17.4 Å². The predicted molar refractivity (Wildman–Crippen MR) is 74.3 cm³/mol. The number of rotatable bonds is 3. The van der Waals surface area contributed by atoms with Gasteiger partial charge in [0.05, 0.1) is 0 Å². The summed E-state index contributed by atoms with van der Waals surface area (Å²) < 4.78 is 4.75. The van der Waals surface area contributed by atoms with Crippen molar-refractivity contribution in [3.63, 3.8) is 0 Å². The van der Waals surface area contributed by atoms with E-state index >= 15 is 0 Å². The molecular formula is C10H13N7S2. The Morgan fingerprint density at radius 1 is 1.16 bits per heavy atom. The molecule has 19 heavy (non-hydrogen) atoms. The van der Waals surface area contributed by atoms with Crippen molar-refractivity contribution in [1.82, 2.24) is 24.3 Å². The fourth-order valence-electron chi connectivity index (χ4n) is 1.93. The van der Waals surface area contributed by atoms with Gasteiger partial charge in [0.2, 0.25) is 17.1 Å². The van der Waals surface area contributed by atoms with Crippen LogP contribution in [0.4, 0.5) is 11.9 Å². The summed E-state index contributed by atoms with van der Waals surface area (Å²) in [5.41, 5.74) is 5.76. The maximum atomic E-state index is 5.76. The molecule has 2 N–H and O–H groups in total. The SMILES string of the molecule is Nc1nc(Sc2ncns2)nc(N2CCCCC2)n1. The zero-order valence-corrected chi connectivity index (χ0v) is 11.8. The highest BCUT2D eigenvalue weighted by molar-refractivity contribution is 8.00. The van der Waals surface area contributed by atoms with Crippen molar-refractivity contribution in [3.05, 3.63) is 6.33 Å². The summed E-state index contributed by atoms with van der Waals surface area (Å²) in [6, 6.07) is 0. The van der Waals surface area contributed by atoms with E-state index in [2.05, 4.69) is 29.2 Å². The van der Waals surface area contributed by atoms with Crippen LogP contribution < -0.4 is 10.6 Å². The van der Waals surface area contributed by atoms with E-state index in [9.17, 15) is 0 Å². The van der Waals surface area contributed by atoms with E-state index in [1.54, 1.807) is 0 Å². The van der Waals surface area contributed by atoms with Gasteiger partial charge in [-0.05, 0) is 42.6 Å². The average Bonchev–Trinajstić information content (AvgIpc) is 2.92. The number of hydrogen-bond donors (Lipinski definition) is 1. The van der Waals surface area contributed by atoms with E-state index in [0.29, 0.717) is 11.1 Å². The summed E-state index contributed by atoms with van der Waals surface area (Å²) in [7, 11) is 0. The number of aromatic nitrogens is 5. The fraction of sp³-hybridized carbons (Fsp3) is 0.500. The topological polar surface area (TPSA) is 93.7 Å². The molecule has 0 aliphatic carbocycles. The van der Waals surface area contributed by atoms with Crippen LogP contribution in [0.5, 0.6) is 0 Å². The molecule has 0 radical (unpaired) electrons. The van der Waals surface area contributed by atoms with Gasteiger partial charge in [0.25, 0.3) is 0 Å². The number of nitrogen functional groups attached to an aromatic ring is 1. The Morgan fingerprint density at radius 3 is 2.74 bits per heavy atom. The highest BCUT2D eigenvalue weighted by atomic mass is 32.2. The first kappa shape index (κ1) is 12.5.